The molecule has 1 aromatic carbocycles. The molecule has 0 aliphatic heterocycles. The molecule has 26 heavy (non-hydrogen) atoms. The maximum Gasteiger partial charge on any atom is 0.416 e. The number of hydrogen-bond donors (Lipinski definition) is 2. The minimum absolute atomic E-state index is 0.0333. The van der Waals surface area contributed by atoms with E-state index < -0.39 is 18.1 Å². The summed E-state index contributed by atoms with van der Waals surface area (Å²) in [6, 6.07) is 11.1. The number of carboxylic acid groups (broad SMARTS) is 1. The Morgan fingerprint density at radius 3 is 2.54 bits per heavy atom. The van der Waals surface area contributed by atoms with Gasteiger partial charge in [0.2, 0.25) is 0 Å². The summed E-state index contributed by atoms with van der Waals surface area (Å²) < 4.78 is 5.31. The number of unbranched alkanes of at least 4 members (excludes halogenated alkanes) is 1. The average molecular weight is 358 g/mol. The Morgan fingerprint density at radius 2 is 1.92 bits per heavy atom. The first-order valence-electron chi connectivity index (χ1n) is 8.34. The van der Waals surface area contributed by atoms with Crippen molar-refractivity contribution in [1.82, 2.24) is 10.2 Å². The molecule has 0 aliphatic rings. The van der Waals surface area contributed by atoms with Crippen LogP contribution in [0.25, 0.3) is 0 Å². The van der Waals surface area contributed by atoms with Crippen LogP contribution in [0, 0.1) is 0 Å². The van der Waals surface area contributed by atoms with Crippen LogP contribution in [-0.2, 0) is 16.1 Å². The summed E-state index contributed by atoms with van der Waals surface area (Å²) in [4.78, 5) is 25.4. The van der Waals surface area contributed by atoms with Gasteiger partial charge in [-0.1, -0.05) is 30.3 Å². The lowest BCUT2D eigenvalue weighted by molar-refractivity contribution is -0.138. The first kappa shape index (κ1) is 19.3. The molecule has 1 atom stereocenters. The van der Waals surface area contributed by atoms with Crippen LogP contribution in [0.2, 0.25) is 0 Å². The number of aromatic nitrogens is 2. The van der Waals surface area contributed by atoms with Gasteiger partial charge in [0.1, 0.15) is 12.6 Å². The van der Waals surface area contributed by atoms with Crippen LogP contribution in [0.4, 0.5) is 10.6 Å². The molecule has 0 fully saturated rings. The maximum atomic E-state index is 12.6. The molecule has 0 spiro atoms. The summed E-state index contributed by atoms with van der Waals surface area (Å²) in [5, 5.41) is 17.2. The maximum absolute atomic E-state index is 12.6. The zero-order valence-electron chi connectivity index (χ0n) is 14.3. The molecule has 0 bridgehead atoms. The average Bonchev–Trinajstić information content (AvgIpc) is 2.67. The molecule has 3 N–H and O–H groups in total. The lowest BCUT2D eigenvalue weighted by Crippen LogP contribution is -2.46. The van der Waals surface area contributed by atoms with E-state index in [9.17, 15) is 14.7 Å². The lowest BCUT2D eigenvalue weighted by Gasteiger charge is -2.27. The van der Waals surface area contributed by atoms with Crippen LogP contribution in [0.1, 0.15) is 24.8 Å². The molecule has 2 rings (SSSR count). The van der Waals surface area contributed by atoms with Crippen LogP contribution in [0.15, 0.2) is 48.7 Å². The Balaban J connectivity index is 2.18. The Bertz CT molecular complexity index is 697. The zero-order valence-corrected chi connectivity index (χ0v) is 14.3. The van der Waals surface area contributed by atoms with E-state index in [0.29, 0.717) is 19.4 Å². The van der Waals surface area contributed by atoms with E-state index >= 15 is 0 Å². The SMILES string of the molecule is NCCCC[C@@H](C(=O)O)N(C(=O)OCc1ccccc1)c1cccnn1. The molecule has 0 saturated carbocycles. The van der Waals surface area contributed by atoms with Gasteiger partial charge in [-0.05, 0) is 43.5 Å². The second kappa shape index (κ2) is 10.1. The van der Waals surface area contributed by atoms with Crippen molar-refractivity contribution < 1.29 is 19.4 Å². The fraction of sp³-hybridized carbons (Fsp3) is 0.333. The molecule has 0 radical (unpaired) electrons. The van der Waals surface area contributed by atoms with E-state index in [1.807, 2.05) is 30.3 Å². The number of carboxylic acids is 1. The number of anilines is 1. The Hall–Kier alpha value is -3.00. The van der Waals surface area contributed by atoms with Gasteiger partial charge in [-0.15, -0.1) is 5.10 Å². The number of rotatable bonds is 9. The van der Waals surface area contributed by atoms with E-state index in [1.165, 1.54) is 12.3 Å². The minimum atomic E-state index is -1.13. The summed E-state index contributed by atoms with van der Waals surface area (Å²) in [6.45, 7) is 0.488. The van der Waals surface area contributed by atoms with Crippen molar-refractivity contribution in [3.05, 3.63) is 54.2 Å². The number of carbonyl (C=O) groups excluding carboxylic acids is 1. The highest BCUT2D eigenvalue weighted by molar-refractivity contribution is 5.94. The van der Waals surface area contributed by atoms with Gasteiger partial charge < -0.3 is 15.6 Å². The quantitative estimate of drug-likeness (QED) is 0.660. The smallest absolute Gasteiger partial charge is 0.416 e. The van der Waals surface area contributed by atoms with Crippen LogP contribution in [0.5, 0.6) is 0 Å². The lowest BCUT2D eigenvalue weighted by atomic mass is 10.1. The third-order valence-electron chi connectivity index (χ3n) is 3.74. The Morgan fingerprint density at radius 1 is 1.15 bits per heavy atom. The number of carbonyl (C=O) groups is 2. The van der Waals surface area contributed by atoms with Gasteiger partial charge in [-0.3, -0.25) is 0 Å². The normalized spacial score (nSPS) is 11.6. The second-order valence-corrected chi connectivity index (χ2v) is 5.63. The van der Waals surface area contributed by atoms with Crippen LogP contribution >= 0.6 is 0 Å². The summed E-state index contributed by atoms with van der Waals surface area (Å²) in [5.74, 6) is -1.00. The van der Waals surface area contributed by atoms with Crippen molar-refractivity contribution in [3.8, 4) is 0 Å². The number of amides is 1. The predicted molar refractivity (Wildman–Crippen MR) is 95.5 cm³/mol. The van der Waals surface area contributed by atoms with E-state index in [4.69, 9.17) is 10.5 Å². The number of benzene rings is 1. The monoisotopic (exact) mass is 358 g/mol. The summed E-state index contributed by atoms with van der Waals surface area (Å²) >= 11 is 0. The van der Waals surface area contributed by atoms with E-state index in [-0.39, 0.29) is 18.8 Å². The van der Waals surface area contributed by atoms with Crippen LogP contribution in [-0.4, -0.2) is 40.0 Å². The molecular formula is C18H22N4O4. The molecule has 0 aliphatic carbocycles. The van der Waals surface area contributed by atoms with E-state index in [2.05, 4.69) is 10.2 Å². The zero-order chi connectivity index (χ0) is 18.8. The predicted octanol–water partition coefficient (Wildman–Crippen LogP) is 2.20. The molecule has 138 valence electrons. The topological polar surface area (TPSA) is 119 Å². The van der Waals surface area contributed by atoms with Crippen LogP contribution < -0.4 is 10.6 Å². The summed E-state index contributed by atoms with van der Waals surface area (Å²) in [5.41, 5.74) is 6.28. The highest BCUT2D eigenvalue weighted by Crippen LogP contribution is 2.19. The molecule has 1 amide bonds. The van der Waals surface area contributed by atoms with Gasteiger partial charge in [0, 0.05) is 6.20 Å². The number of aliphatic carboxylic acids is 1. The van der Waals surface area contributed by atoms with Crippen molar-refractivity contribution in [3.63, 3.8) is 0 Å². The molecule has 1 aromatic heterocycles. The Labute approximate surface area is 151 Å². The second-order valence-electron chi connectivity index (χ2n) is 5.63. The van der Waals surface area contributed by atoms with Crippen molar-refractivity contribution in [2.75, 3.05) is 11.4 Å². The van der Waals surface area contributed by atoms with Gasteiger partial charge in [-0.2, -0.15) is 5.10 Å². The number of ether oxygens (including phenoxy) is 1. The van der Waals surface area contributed by atoms with Gasteiger partial charge in [0.25, 0.3) is 0 Å². The largest absolute Gasteiger partial charge is 0.480 e. The van der Waals surface area contributed by atoms with E-state index in [0.717, 1.165) is 10.5 Å². The molecule has 0 unspecified atom stereocenters. The first-order chi connectivity index (χ1) is 12.6. The summed E-state index contributed by atoms with van der Waals surface area (Å²) in [7, 11) is 0. The molecule has 2 aromatic rings. The highest BCUT2D eigenvalue weighted by Gasteiger charge is 2.33. The fourth-order valence-electron chi connectivity index (χ4n) is 2.44. The first-order valence-corrected chi connectivity index (χ1v) is 8.34. The van der Waals surface area contributed by atoms with E-state index in [1.54, 1.807) is 6.07 Å². The minimum Gasteiger partial charge on any atom is -0.480 e. The molecule has 8 heteroatoms. The van der Waals surface area contributed by atoms with Gasteiger partial charge in [0.05, 0.1) is 0 Å². The van der Waals surface area contributed by atoms with Gasteiger partial charge in [0.15, 0.2) is 5.82 Å². The number of nitrogens with zero attached hydrogens (tertiary/aromatic N) is 3. The molecule has 0 saturated heterocycles. The molecular weight excluding hydrogens is 336 g/mol. The third-order valence-corrected chi connectivity index (χ3v) is 3.74. The van der Waals surface area contributed by atoms with Crippen molar-refractivity contribution in [2.45, 2.75) is 31.9 Å². The summed E-state index contributed by atoms with van der Waals surface area (Å²) in [6.07, 6.45) is 2.13. The van der Waals surface area contributed by atoms with Gasteiger partial charge >= 0.3 is 12.1 Å². The number of hydrogen-bond acceptors (Lipinski definition) is 6. The highest BCUT2D eigenvalue weighted by atomic mass is 16.6. The van der Waals surface area contributed by atoms with Crippen LogP contribution in [0.3, 0.4) is 0 Å². The standard InChI is InChI=1S/C18H22N4O4/c19-11-5-4-9-15(17(23)24)22(16-10-6-12-20-21-16)18(25)26-13-14-7-2-1-3-8-14/h1-3,6-8,10,12,15H,4-5,9,11,13,19H2,(H,23,24)/t15-/m0/s1. The third kappa shape index (κ3) is 5.52. The van der Waals surface area contributed by atoms with Crippen molar-refractivity contribution in [2.24, 2.45) is 5.73 Å². The fourth-order valence-corrected chi connectivity index (χ4v) is 2.44. The van der Waals surface area contributed by atoms with Crippen molar-refractivity contribution >= 4 is 17.9 Å². The van der Waals surface area contributed by atoms with Gasteiger partial charge in [-0.25, -0.2) is 14.5 Å². The molecule has 1 heterocycles. The van der Waals surface area contributed by atoms with Crippen molar-refractivity contribution in [1.29, 1.82) is 0 Å². The number of nitrogens with two attached hydrogens (primary N) is 1. The Kier molecular flexibility index (Phi) is 7.50. The molecule has 8 nitrogen and oxygen atoms in total.